The van der Waals surface area contributed by atoms with Crippen LogP contribution in [0.25, 0.3) is 22.2 Å². The molecule has 3 heterocycles. The van der Waals surface area contributed by atoms with Crippen molar-refractivity contribution in [2.75, 3.05) is 42.5 Å². The van der Waals surface area contributed by atoms with Crippen molar-refractivity contribution in [2.24, 2.45) is 0 Å². The number of carbonyl (C=O) groups is 2. The molecule has 9 nitrogen and oxygen atoms in total. The van der Waals surface area contributed by atoms with E-state index in [1.54, 1.807) is 32.6 Å². The second-order valence-corrected chi connectivity index (χ2v) is 11.4. The number of pyridine rings is 1. The number of piperazine rings is 1. The Balaban J connectivity index is 1.20. The average Bonchev–Trinajstić information content (AvgIpc) is 3.70. The number of urea groups is 1. The molecular weight excluding hydrogens is 569 g/mol. The fourth-order valence-electron chi connectivity index (χ4n) is 5.21. The number of anilines is 2. The van der Waals surface area contributed by atoms with Crippen LogP contribution in [0.2, 0.25) is 5.02 Å². The summed E-state index contributed by atoms with van der Waals surface area (Å²) in [6, 6.07) is 10.1. The molecule has 1 aliphatic heterocycles. The predicted molar refractivity (Wildman–Crippen MR) is 158 cm³/mol. The van der Waals surface area contributed by atoms with Crippen LogP contribution in [0.4, 0.5) is 20.0 Å². The van der Waals surface area contributed by atoms with Gasteiger partial charge < -0.3 is 19.5 Å². The molecular formula is C29H27ClFN5O4S. The average molecular weight is 596 g/mol. The summed E-state index contributed by atoms with van der Waals surface area (Å²) in [4.78, 5) is 47.8. The molecule has 6 rings (SSSR count). The molecule has 1 aliphatic carbocycles. The highest BCUT2D eigenvalue weighted by Crippen LogP contribution is 2.38. The van der Waals surface area contributed by atoms with Crippen molar-refractivity contribution in [3.63, 3.8) is 0 Å². The van der Waals surface area contributed by atoms with Crippen molar-refractivity contribution in [2.45, 2.75) is 25.8 Å². The van der Waals surface area contributed by atoms with Gasteiger partial charge in [0, 0.05) is 66.3 Å². The van der Waals surface area contributed by atoms with Crippen LogP contribution in [-0.2, 0) is 0 Å². The van der Waals surface area contributed by atoms with Crippen LogP contribution in [-0.4, -0.2) is 64.3 Å². The van der Waals surface area contributed by atoms with E-state index in [9.17, 15) is 19.5 Å². The summed E-state index contributed by atoms with van der Waals surface area (Å²) in [6.07, 6.45) is 3.12. The smallest absolute Gasteiger partial charge is 0.341 e. The number of carbonyl (C=O) groups excluding carboxylic acids is 1. The molecule has 2 aromatic heterocycles. The standard InChI is InChI=1S/C29H27ClFN5O4S/c1-2-35(28-32-23(16-41-28)17-3-5-18(30)6-4-17)29(40)34-11-9-33(10-12-34)25-14-24-20(13-22(25)31)26(37)21(27(38)39)15-36(24)19-7-8-19/h3-6,13-16,19H,2,7-12H2,1H3,(H,38,39). The van der Waals surface area contributed by atoms with Gasteiger partial charge in [-0.15, -0.1) is 11.3 Å². The first-order valence-corrected chi connectivity index (χ1v) is 14.7. The first kappa shape index (κ1) is 27.2. The molecule has 41 heavy (non-hydrogen) atoms. The molecule has 1 saturated carbocycles. The van der Waals surface area contributed by atoms with E-state index in [0.717, 1.165) is 30.2 Å². The fourth-order valence-corrected chi connectivity index (χ4v) is 6.23. The molecule has 0 spiro atoms. The minimum atomic E-state index is -1.32. The Hall–Kier alpha value is -3.96. The minimum absolute atomic E-state index is 0.0619. The van der Waals surface area contributed by atoms with E-state index in [0.29, 0.717) is 54.1 Å². The zero-order chi connectivity index (χ0) is 28.8. The Kier molecular flexibility index (Phi) is 7.16. The maximum absolute atomic E-state index is 15.3. The lowest BCUT2D eigenvalue weighted by atomic mass is 10.1. The van der Waals surface area contributed by atoms with Crippen LogP contribution in [0, 0.1) is 5.82 Å². The molecule has 1 saturated heterocycles. The van der Waals surface area contributed by atoms with Crippen LogP contribution < -0.4 is 15.2 Å². The number of hydrogen-bond donors (Lipinski definition) is 1. The van der Waals surface area contributed by atoms with Crippen molar-refractivity contribution in [3.05, 3.63) is 74.6 Å². The van der Waals surface area contributed by atoms with E-state index in [1.165, 1.54) is 17.5 Å². The lowest BCUT2D eigenvalue weighted by molar-refractivity contribution is 0.0694. The molecule has 4 aromatic rings. The number of amides is 2. The Bertz CT molecular complexity index is 1710. The molecule has 2 amide bonds. The lowest BCUT2D eigenvalue weighted by Gasteiger charge is -2.38. The topological polar surface area (TPSA) is 99.0 Å². The maximum atomic E-state index is 15.3. The van der Waals surface area contributed by atoms with Crippen molar-refractivity contribution < 1.29 is 19.1 Å². The van der Waals surface area contributed by atoms with Crippen molar-refractivity contribution in [1.82, 2.24) is 14.5 Å². The molecule has 12 heteroatoms. The Morgan fingerprint density at radius 2 is 1.85 bits per heavy atom. The van der Waals surface area contributed by atoms with E-state index >= 15 is 4.39 Å². The number of aromatic nitrogens is 2. The molecule has 2 aromatic carbocycles. The molecule has 0 radical (unpaired) electrons. The zero-order valence-corrected chi connectivity index (χ0v) is 23.8. The van der Waals surface area contributed by atoms with Crippen molar-refractivity contribution in [1.29, 1.82) is 0 Å². The number of hydrogen-bond acceptors (Lipinski definition) is 6. The highest BCUT2D eigenvalue weighted by molar-refractivity contribution is 7.14. The van der Waals surface area contributed by atoms with Gasteiger partial charge in [0.2, 0.25) is 5.43 Å². The normalized spacial score (nSPS) is 15.4. The molecule has 0 bridgehead atoms. The van der Waals surface area contributed by atoms with Crippen LogP contribution in [0.3, 0.4) is 0 Å². The number of carboxylic acids is 1. The summed E-state index contributed by atoms with van der Waals surface area (Å²) < 4.78 is 17.1. The van der Waals surface area contributed by atoms with Crippen LogP contribution in [0.5, 0.6) is 0 Å². The third-order valence-corrected chi connectivity index (χ3v) is 8.69. The van der Waals surface area contributed by atoms with Gasteiger partial charge in [0.25, 0.3) is 0 Å². The summed E-state index contributed by atoms with van der Waals surface area (Å²) in [5, 5.41) is 12.7. The highest BCUT2D eigenvalue weighted by atomic mass is 35.5. The SMILES string of the molecule is CCN(C(=O)N1CCN(c2cc3c(cc2F)c(=O)c(C(=O)O)cn3C2CC2)CC1)c1nc(-c2ccc(Cl)cc2)cs1. The van der Waals surface area contributed by atoms with Gasteiger partial charge in [-0.25, -0.2) is 19.0 Å². The third kappa shape index (κ3) is 5.15. The molecule has 212 valence electrons. The van der Waals surface area contributed by atoms with Gasteiger partial charge in [0.1, 0.15) is 11.4 Å². The number of fused-ring (bicyclic) bond motifs is 1. The largest absolute Gasteiger partial charge is 0.477 e. The van der Waals surface area contributed by atoms with E-state index in [4.69, 9.17) is 11.6 Å². The first-order chi connectivity index (χ1) is 19.7. The molecule has 0 unspecified atom stereocenters. The van der Waals surface area contributed by atoms with Gasteiger partial charge in [0.05, 0.1) is 16.9 Å². The quantitative estimate of drug-likeness (QED) is 0.306. The minimum Gasteiger partial charge on any atom is -0.477 e. The molecule has 2 aliphatic rings. The second kappa shape index (κ2) is 10.8. The van der Waals surface area contributed by atoms with E-state index in [-0.39, 0.29) is 23.0 Å². The van der Waals surface area contributed by atoms with Gasteiger partial charge in [-0.1, -0.05) is 23.7 Å². The van der Waals surface area contributed by atoms with Gasteiger partial charge in [-0.05, 0) is 44.0 Å². The summed E-state index contributed by atoms with van der Waals surface area (Å²) in [5.41, 5.74) is 1.49. The molecule has 2 fully saturated rings. The predicted octanol–water partition coefficient (Wildman–Crippen LogP) is 5.72. The number of aromatic carboxylic acids is 1. The van der Waals surface area contributed by atoms with Gasteiger partial charge in [-0.3, -0.25) is 9.69 Å². The number of carboxylic acid groups (broad SMARTS) is 1. The van der Waals surface area contributed by atoms with Crippen LogP contribution >= 0.6 is 22.9 Å². The van der Waals surface area contributed by atoms with E-state index in [2.05, 4.69) is 4.98 Å². The number of halogens is 2. The Morgan fingerprint density at radius 3 is 2.49 bits per heavy atom. The third-order valence-electron chi connectivity index (χ3n) is 7.57. The van der Waals surface area contributed by atoms with E-state index < -0.39 is 17.2 Å². The number of benzene rings is 2. The fraction of sp³-hybridized carbons (Fsp3) is 0.310. The summed E-state index contributed by atoms with van der Waals surface area (Å²) in [5.74, 6) is -1.91. The van der Waals surface area contributed by atoms with Crippen LogP contribution in [0.15, 0.2) is 52.8 Å². The highest BCUT2D eigenvalue weighted by Gasteiger charge is 2.30. The zero-order valence-electron chi connectivity index (χ0n) is 22.2. The van der Waals surface area contributed by atoms with Gasteiger partial charge >= 0.3 is 12.0 Å². The van der Waals surface area contributed by atoms with Crippen LogP contribution in [0.1, 0.15) is 36.2 Å². The van der Waals surface area contributed by atoms with Gasteiger partial charge in [-0.2, -0.15) is 0 Å². The maximum Gasteiger partial charge on any atom is 0.341 e. The van der Waals surface area contributed by atoms with Gasteiger partial charge in [0.15, 0.2) is 5.13 Å². The number of rotatable bonds is 6. The lowest BCUT2D eigenvalue weighted by Crippen LogP contribution is -2.53. The molecule has 1 N–H and O–H groups in total. The monoisotopic (exact) mass is 595 g/mol. The van der Waals surface area contributed by atoms with E-state index in [1.807, 2.05) is 29.3 Å². The Labute approximate surface area is 244 Å². The number of thiazole rings is 1. The molecule has 0 atom stereocenters. The number of nitrogens with zero attached hydrogens (tertiary/aromatic N) is 5. The first-order valence-electron chi connectivity index (χ1n) is 13.4. The Morgan fingerprint density at radius 1 is 1.15 bits per heavy atom. The van der Waals surface area contributed by atoms with Crippen molar-refractivity contribution >= 4 is 56.7 Å². The summed E-state index contributed by atoms with van der Waals surface area (Å²) in [7, 11) is 0. The van der Waals surface area contributed by atoms with Crippen molar-refractivity contribution in [3.8, 4) is 11.3 Å². The second-order valence-electron chi connectivity index (χ2n) is 10.2. The summed E-state index contributed by atoms with van der Waals surface area (Å²) in [6.45, 7) is 3.92. The summed E-state index contributed by atoms with van der Waals surface area (Å²) >= 11 is 7.40.